The molecule has 1 heterocycles. The van der Waals surface area contributed by atoms with E-state index in [1.54, 1.807) is 83.3 Å². The molecule has 0 fully saturated rings. The van der Waals surface area contributed by atoms with Crippen molar-refractivity contribution in [1.29, 1.82) is 0 Å². The number of aromatic nitrogens is 2. The third-order valence-corrected chi connectivity index (χ3v) is 4.56. The van der Waals surface area contributed by atoms with Gasteiger partial charge >= 0.3 is 0 Å². The van der Waals surface area contributed by atoms with Crippen LogP contribution in [0.25, 0.3) is 5.69 Å². The fraction of sp³-hybridized carbons (Fsp3) is 0.280. The number of ketones is 3. The van der Waals surface area contributed by atoms with Crippen molar-refractivity contribution in [1.82, 2.24) is 24.5 Å². The summed E-state index contributed by atoms with van der Waals surface area (Å²) in [6.45, 7) is 1.75. The van der Waals surface area contributed by atoms with E-state index in [1.807, 2.05) is 28.2 Å². The van der Waals surface area contributed by atoms with E-state index in [0.29, 0.717) is 16.9 Å². The van der Waals surface area contributed by atoms with Crippen molar-refractivity contribution in [3.05, 3.63) is 83.6 Å². The maximum atomic E-state index is 12.9. The van der Waals surface area contributed by atoms with Gasteiger partial charge in [0.2, 0.25) is 5.78 Å². The zero-order valence-corrected chi connectivity index (χ0v) is 20.2. The zero-order chi connectivity index (χ0) is 24.7. The molecule has 0 N–H and O–H groups in total. The summed E-state index contributed by atoms with van der Waals surface area (Å²) in [5.74, 6) is -0.802. The lowest BCUT2D eigenvalue weighted by atomic mass is 10.1. The molecule has 1 aromatic heterocycles. The van der Waals surface area contributed by atoms with E-state index < -0.39 is 0 Å². The van der Waals surface area contributed by atoms with Gasteiger partial charge in [-0.25, -0.2) is 4.68 Å². The Morgan fingerprint density at radius 2 is 1.18 bits per heavy atom. The van der Waals surface area contributed by atoms with E-state index in [1.165, 1.54) is 18.2 Å². The van der Waals surface area contributed by atoms with E-state index in [-0.39, 0.29) is 28.6 Å². The fourth-order valence-corrected chi connectivity index (χ4v) is 2.90. The van der Waals surface area contributed by atoms with E-state index >= 15 is 0 Å². The fourth-order valence-electron chi connectivity index (χ4n) is 2.90. The van der Waals surface area contributed by atoms with Crippen molar-refractivity contribution >= 4 is 17.3 Å². The number of hydrogen-bond acceptors (Lipinski definition) is 7. The van der Waals surface area contributed by atoms with Crippen LogP contribution in [0, 0.1) is 6.92 Å². The van der Waals surface area contributed by atoms with E-state index in [2.05, 4.69) is 5.10 Å². The number of rotatable bonds is 10. The molecule has 0 aliphatic rings. The molecule has 8 heteroatoms. The molecule has 0 unspecified atom stereocenters. The average molecular weight is 450 g/mol. The lowest BCUT2D eigenvalue weighted by Crippen LogP contribution is -2.09. The number of benzene rings is 1. The lowest BCUT2D eigenvalue weighted by Gasteiger charge is -2.06. The minimum Gasteiger partial charge on any atom is -0.383 e. The Bertz CT molecular complexity index is 1100. The van der Waals surface area contributed by atoms with Crippen LogP contribution in [0.3, 0.4) is 0 Å². The van der Waals surface area contributed by atoms with Gasteiger partial charge in [0, 0.05) is 84.7 Å². The highest BCUT2D eigenvalue weighted by Crippen LogP contribution is 2.21. The highest BCUT2D eigenvalue weighted by Gasteiger charge is 2.24. The van der Waals surface area contributed by atoms with Gasteiger partial charge in [0.1, 0.15) is 5.69 Å². The molecule has 174 valence electrons. The maximum absolute atomic E-state index is 12.9. The van der Waals surface area contributed by atoms with Gasteiger partial charge in [-0.2, -0.15) is 5.10 Å². The van der Waals surface area contributed by atoms with Crippen molar-refractivity contribution in [3.8, 4) is 5.69 Å². The van der Waals surface area contributed by atoms with Crippen LogP contribution < -0.4 is 0 Å². The predicted octanol–water partition coefficient (Wildman–Crippen LogP) is 2.95. The number of carbonyl (C=O) groups excluding carboxylic acids is 3. The van der Waals surface area contributed by atoms with E-state index in [9.17, 15) is 14.4 Å². The standard InChI is InChI=1S/C25H31N5O3/c1-18-24(22(32)13-16-28(4)5)25(23(33)14-17-29(6)7)26-30(18)20-10-8-19(9-11-20)21(31)12-15-27(2)3/h8-17H,1-7H3/b15-12+,16-13+,17-14+. The Morgan fingerprint density at radius 1 is 0.727 bits per heavy atom. The molecule has 0 spiro atoms. The second kappa shape index (κ2) is 11.1. The molecule has 1 aromatic carbocycles. The van der Waals surface area contributed by atoms with Gasteiger partial charge in [0.15, 0.2) is 11.6 Å². The van der Waals surface area contributed by atoms with Crippen molar-refractivity contribution in [3.63, 3.8) is 0 Å². The zero-order valence-electron chi connectivity index (χ0n) is 20.2. The van der Waals surface area contributed by atoms with Crippen LogP contribution in [0.1, 0.15) is 36.9 Å². The molecule has 2 aromatic rings. The highest BCUT2D eigenvalue weighted by molar-refractivity contribution is 6.15. The van der Waals surface area contributed by atoms with Gasteiger partial charge in [0.25, 0.3) is 0 Å². The average Bonchev–Trinajstić information content (AvgIpc) is 3.11. The van der Waals surface area contributed by atoms with E-state index in [4.69, 9.17) is 0 Å². The molecule has 0 amide bonds. The number of nitrogens with zero attached hydrogens (tertiary/aromatic N) is 5. The van der Waals surface area contributed by atoms with Crippen molar-refractivity contribution in [2.24, 2.45) is 0 Å². The summed E-state index contributed by atoms with van der Waals surface area (Å²) in [6.07, 6.45) is 9.23. The van der Waals surface area contributed by atoms with E-state index in [0.717, 1.165) is 0 Å². The van der Waals surface area contributed by atoms with Crippen molar-refractivity contribution in [2.45, 2.75) is 6.92 Å². The second-order valence-electron chi connectivity index (χ2n) is 8.20. The van der Waals surface area contributed by atoms with Crippen LogP contribution in [-0.4, -0.2) is 84.1 Å². The molecule has 0 aliphatic carbocycles. The second-order valence-corrected chi connectivity index (χ2v) is 8.20. The Hall–Kier alpha value is -3.94. The minimum atomic E-state index is -0.368. The third kappa shape index (κ3) is 6.77. The Balaban J connectivity index is 2.51. The van der Waals surface area contributed by atoms with Crippen molar-refractivity contribution < 1.29 is 14.4 Å². The van der Waals surface area contributed by atoms with Gasteiger partial charge in [-0.1, -0.05) is 0 Å². The highest BCUT2D eigenvalue weighted by atomic mass is 16.1. The third-order valence-electron chi connectivity index (χ3n) is 4.56. The molecular formula is C25H31N5O3. The largest absolute Gasteiger partial charge is 0.383 e. The van der Waals surface area contributed by atoms with Gasteiger partial charge in [-0.3, -0.25) is 14.4 Å². The summed E-state index contributed by atoms with van der Waals surface area (Å²) in [5.41, 5.74) is 2.03. The summed E-state index contributed by atoms with van der Waals surface area (Å²) in [6, 6.07) is 6.87. The molecule has 8 nitrogen and oxygen atoms in total. The molecule has 0 bridgehead atoms. The predicted molar refractivity (Wildman–Crippen MR) is 130 cm³/mol. The number of hydrogen-bond donors (Lipinski definition) is 0. The quantitative estimate of drug-likeness (QED) is 0.408. The van der Waals surface area contributed by atoms with Gasteiger partial charge in [-0.05, 0) is 31.2 Å². The Kier molecular flexibility index (Phi) is 8.50. The molecule has 0 radical (unpaired) electrons. The summed E-state index contributed by atoms with van der Waals surface area (Å²) >= 11 is 0. The first kappa shape index (κ1) is 25.3. The van der Waals surface area contributed by atoms with Crippen LogP contribution in [-0.2, 0) is 0 Å². The smallest absolute Gasteiger partial charge is 0.208 e. The van der Waals surface area contributed by atoms with Gasteiger partial charge < -0.3 is 14.7 Å². The number of allylic oxidation sites excluding steroid dienone is 3. The first-order valence-corrected chi connectivity index (χ1v) is 10.4. The van der Waals surface area contributed by atoms with Crippen LogP contribution in [0.4, 0.5) is 0 Å². The molecule has 0 atom stereocenters. The minimum absolute atomic E-state index is 0.0769. The Labute approximate surface area is 195 Å². The molecular weight excluding hydrogens is 418 g/mol. The normalized spacial score (nSPS) is 11.5. The molecule has 33 heavy (non-hydrogen) atoms. The summed E-state index contributed by atoms with van der Waals surface area (Å²) < 4.78 is 1.55. The topological polar surface area (TPSA) is 78.8 Å². The molecule has 0 saturated carbocycles. The SMILES string of the molecule is Cc1c(C(=O)/C=C/N(C)C)c(C(=O)/C=C/N(C)C)nn1-c1ccc(C(=O)/C=C/N(C)C)cc1. The summed E-state index contributed by atoms with van der Waals surface area (Å²) in [5, 5.41) is 4.46. The molecule has 0 aliphatic heterocycles. The molecule has 2 rings (SSSR count). The maximum Gasteiger partial charge on any atom is 0.208 e. The first-order valence-electron chi connectivity index (χ1n) is 10.4. The first-order chi connectivity index (χ1) is 15.5. The summed E-state index contributed by atoms with van der Waals surface area (Å²) in [4.78, 5) is 43.3. The Morgan fingerprint density at radius 3 is 1.67 bits per heavy atom. The van der Waals surface area contributed by atoms with Crippen LogP contribution in [0.5, 0.6) is 0 Å². The monoisotopic (exact) mass is 449 g/mol. The van der Waals surface area contributed by atoms with Crippen LogP contribution in [0.15, 0.2) is 61.1 Å². The summed E-state index contributed by atoms with van der Waals surface area (Å²) in [7, 11) is 10.9. The van der Waals surface area contributed by atoms with Gasteiger partial charge in [0.05, 0.1) is 16.9 Å². The number of carbonyl (C=O) groups is 3. The van der Waals surface area contributed by atoms with Crippen LogP contribution in [0.2, 0.25) is 0 Å². The molecule has 0 saturated heterocycles. The van der Waals surface area contributed by atoms with Gasteiger partial charge in [-0.15, -0.1) is 0 Å². The van der Waals surface area contributed by atoms with Crippen LogP contribution >= 0.6 is 0 Å². The van der Waals surface area contributed by atoms with Crippen molar-refractivity contribution in [2.75, 3.05) is 42.3 Å². The lowest BCUT2D eigenvalue weighted by molar-refractivity contribution is 0.101.